The van der Waals surface area contributed by atoms with Gasteiger partial charge in [0.25, 0.3) is 5.91 Å². The Bertz CT molecular complexity index is 428. The number of primary amides is 1. The molecule has 18 heavy (non-hydrogen) atoms. The highest BCUT2D eigenvalue weighted by Crippen LogP contribution is 2.27. The molecule has 1 aromatic carbocycles. The molecule has 1 fully saturated rings. The number of ether oxygens (including phenoxy) is 2. The second-order valence-electron chi connectivity index (χ2n) is 4.39. The Morgan fingerprint density at radius 3 is 2.94 bits per heavy atom. The lowest BCUT2D eigenvalue weighted by Crippen LogP contribution is -2.26. The summed E-state index contributed by atoms with van der Waals surface area (Å²) in [7, 11) is 0. The van der Waals surface area contributed by atoms with Crippen LogP contribution in [0.25, 0.3) is 0 Å². The number of benzene rings is 1. The second kappa shape index (κ2) is 5.73. The lowest BCUT2D eigenvalue weighted by atomic mass is 10.1. The maximum atomic E-state index is 11.3. The molecule has 1 heterocycles. The van der Waals surface area contributed by atoms with Gasteiger partial charge in [-0.2, -0.15) is 0 Å². The number of anilines is 1. The minimum atomic E-state index is -0.540. The highest BCUT2D eigenvalue weighted by Gasteiger charge is 2.17. The second-order valence-corrected chi connectivity index (χ2v) is 4.39. The van der Waals surface area contributed by atoms with Crippen LogP contribution >= 0.6 is 0 Å². The number of rotatable bonds is 4. The maximum absolute atomic E-state index is 11.3. The zero-order chi connectivity index (χ0) is 13.0. The molecule has 1 aliphatic heterocycles. The molecule has 1 unspecified atom stereocenters. The van der Waals surface area contributed by atoms with Crippen LogP contribution in [0.15, 0.2) is 18.2 Å². The number of carbonyl (C=O) groups is 1. The summed E-state index contributed by atoms with van der Waals surface area (Å²) in [6.07, 6.45) is 3.27. The fraction of sp³-hybridized carbons (Fsp3) is 0.462. The van der Waals surface area contributed by atoms with E-state index < -0.39 is 5.91 Å². The first kappa shape index (κ1) is 12.7. The zero-order valence-corrected chi connectivity index (χ0v) is 10.2. The van der Waals surface area contributed by atoms with E-state index in [-0.39, 0.29) is 6.10 Å². The first-order valence-electron chi connectivity index (χ1n) is 6.11. The Hall–Kier alpha value is -1.75. The molecule has 1 aliphatic rings. The normalized spacial score (nSPS) is 19.4. The SMILES string of the molecule is NC(=O)c1cccc(N)c1OCC1CCCCO1. The average molecular weight is 250 g/mol. The first-order chi connectivity index (χ1) is 8.68. The van der Waals surface area contributed by atoms with Gasteiger partial charge in [0.05, 0.1) is 17.4 Å². The van der Waals surface area contributed by atoms with Gasteiger partial charge in [0.15, 0.2) is 5.75 Å². The predicted molar refractivity (Wildman–Crippen MR) is 68.5 cm³/mol. The Kier molecular flexibility index (Phi) is 4.04. The third-order valence-corrected chi connectivity index (χ3v) is 3.00. The fourth-order valence-electron chi connectivity index (χ4n) is 2.03. The van der Waals surface area contributed by atoms with Gasteiger partial charge in [-0.05, 0) is 31.4 Å². The molecule has 1 atom stereocenters. The van der Waals surface area contributed by atoms with Crippen LogP contribution in [0.5, 0.6) is 5.75 Å². The lowest BCUT2D eigenvalue weighted by Gasteiger charge is -2.23. The Morgan fingerprint density at radius 1 is 1.44 bits per heavy atom. The van der Waals surface area contributed by atoms with Gasteiger partial charge in [-0.1, -0.05) is 6.07 Å². The van der Waals surface area contributed by atoms with Crippen LogP contribution in [0.1, 0.15) is 29.6 Å². The molecule has 0 aliphatic carbocycles. The number of hydrogen-bond donors (Lipinski definition) is 2. The first-order valence-corrected chi connectivity index (χ1v) is 6.11. The van der Waals surface area contributed by atoms with Gasteiger partial charge < -0.3 is 20.9 Å². The van der Waals surface area contributed by atoms with Gasteiger partial charge in [-0.15, -0.1) is 0 Å². The van der Waals surface area contributed by atoms with Gasteiger partial charge in [-0.3, -0.25) is 4.79 Å². The van der Waals surface area contributed by atoms with Crippen molar-refractivity contribution in [2.24, 2.45) is 5.73 Å². The van der Waals surface area contributed by atoms with Crippen LogP contribution in [0.3, 0.4) is 0 Å². The largest absolute Gasteiger partial charge is 0.488 e. The number of para-hydroxylation sites is 1. The van der Waals surface area contributed by atoms with E-state index in [4.69, 9.17) is 20.9 Å². The summed E-state index contributed by atoms with van der Waals surface area (Å²) in [6, 6.07) is 4.97. The molecular formula is C13H18N2O3. The maximum Gasteiger partial charge on any atom is 0.252 e. The van der Waals surface area contributed by atoms with E-state index in [9.17, 15) is 4.79 Å². The molecule has 1 amide bonds. The van der Waals surface area contributed by atoms with Crippen molar-refractivity contribution >= 4 is 11.6 Å². The van der Waals surface area contributed by atoms with Gasteiger partial charge in [-0.25, -0.2) is 0 Å². The topological polar surface area (TPSA) is 87.6 Å². The lowest BCUT2D eigenvalue weighted by molar-refractivity contribution is -0.0110. The van der Waals surface area contributed by atoms with Crippen molar-refractivity contribution in [3.63, 3.8) is 0 Å². The number of hydrogen-bond acceptors (Lipinski definition) is 4. The Balaban J connectivity index is 2.05. The van der Waals surface area contributed by atoms with Crippen molar-refractivity contribution in [3.8, 4) is 5.75 Å². The summed E-state index contributed by atoms with van der Waals surface area (Å²) in [4.78, 5) is 11.3. The van der Waals surface area contributed by atoms with E-state index in [2.05, 4.69) is 0 Å². The van der Waals surface area contributed by atoms with E-state index in [0.29, 0.717) is 23.6 Å². The summed E-state index contributed by atoms with van der Waals surface area (Å²) in [5, 5.41) is 0. The smallest absolute Gasteiger partial charge is 0.252 e. The summed E-state index contributed by atoms with van der Waals surface area (Å²) < 4.78 is 11.2. The Morgan fingerprint density at radius 2 is 2.28 bits per heavy atom. The number of nitrogens with two attached hydrogens (primary N) is 2. The summed E-state index contributed by atoms with van der Waals surface area (Å²) >= 11 is 0. The molecule has 5 nitrogen and oxygen atoms in total. The van der Waals surface area contributed by atoms with Crippen LogP contribution in [0, 0.1) is 0 Å². The Labute approximate surface area is 106 Å². The molecule has 4 N–H and O–H groups in total. The molecule has 0 saturated carbocycles. The number of amides is 1. The van der Waals surface area contributed by atoms with E-state index in [1.54, 1.807) is 18.2 Å². The molecule has 5 heteroatoms. The number of nitrogen functional groups attached to an aromatic ring is 1. The summed E-state index contributed by atoms with van der Waals surface area (Å²) in [6.45, 7) is 1.16. The minimum Gasteiger partial charge on any atom is -0.488 e. The average Bonchev–Trinajstić information content (AvgIpc) is 2.38. The predicted octanol–water partition coefficient (Wildman–Crippen LogP) is 1.32. The van der Waals surface area contributed by atoms with E-state index in [1.807, 2.05) is 0 Å². The van der Waals surface area contributed by atoms with Crippen LogP contribution in [0.2, 0.25) is 0 Å². The van der Waals surface area contributed by atoms with Crippen molar-refractivity contribution < 1.29 is 14.3 Å². The standard InChI is InChI=1S/C13H18N2O3/c14-11-6-3-5-10(13(15)16)12(11)18-8-9-4-1-2-7-17-9/h3,5-6,9H,1-2,4,7-8,14H2,(H2,15,16). The molecule has 98 valence electrons. The van der Waals surface area contributed by atoms with Crippen LogP contribution in [-0.4, -0.2) is 25.2 Å². The fourth-order valence-corrected chi connectivity index (χ4v) is 2.03. The van der Waals surface area contributed by atoms with E-state index in [1.165, 1.54) is 0 Å². The third-order valence-electron chi connectivity index (χ3n) is 3.00. The van der Waals surface area contributed by atoms with Gasteiger partial charge >= 0.3 is 0 Å². The molecule has 1 saturated heterocycles. The zero-order valence-electron chi connectivity index (χ0n) is 10.2. The van der Waals surface area contributed by atoms with Gasteiger partial charge in [0.1, 0.15) is 6.61 Å². The van der Waals surface area contributed by atoms with Crippen LogP contribution < -0.4 is 16.2 Å². The quantitative estimate of drug-likeness (QED) is 0.789. The van der Waals surface area contributed by atoms with Gasteiger partial charge in [0, 0.05) is 6.61 Å². The van der Waals surface area contributed by atoms with E-state index >= 15 is 0 Å². The monoisotopic (exact) mass is 250 g/mol. The minimum absolute atomic E-state index is 0.0686. The van der Waals surface area contributed by atoms with Crippen molar-refractivity contribution in [1.29, 1.82) is 0 Å². The van der Waals surface area contributed by atoms with Crippen molar-refractivity contribution in [2.75, 3.05) is 18.9 Å². The van der Waals surface area contributed by atoms with Crippen molar-refractivity contribution in [1.82, 2.24) is 0 Å². The molecule has 0 aromatic heterocycles. The molecule has 0 radical (unpaired) electrons. The van der Waals surface area contributed by atoms with E-state index in [0.717, 1.165) is 25.9 Å². The van der Waals surface area contributed by atoms with Gasteiger partial charge in [0.2, 0.25) is 0 Å². The van der Waals surface area contributed by atoms with Crippen molar-refractivity contribution in [2.45, 2.75) is 25.4 Å². The summed E-state index contributed by atoms with van der Waals surface area (Å²) in [5.41, 5.74) is 11.8. The highest BCUT2D eigenvalue weighted by atomic mass is 16.5. The van der Waals surface area contributed by atoms with Crippen LogP contribution in [0.4, 0.5) is 5.69 Å². The number of carbonyl (C=O) groups excluding carboxylic acids is 1. The molecular weight excluding hydrogens is 232 g/mol. The third kappa shape index (κ3) is 2.92. The molecule has 0 bridgehead atoms. The molecule has 2 rings (SSSR count). The van der Waals surface area contributed by atoms with Crippen molar-refractivity contribution in [3.05, 3.63) is 23.8 Å². The molecule has 1 aromatic rings. The van der Waals surface area contributed by atoms with Crippen LogP contribution in [-0.2, 0) is 4.74 Å². The molecule has 0 spiro atoms. The summed E-state index contributed by atoms with van der Waals surface area (Å²) in [5.74, 6) is -0.180. The highest BCUT2D eigenvalue weighted by molar-refractivity contribution is 5.97.